The van der Waals surface area contributed by atoms with Gasteiger partial charge in [-0.1, -0.05) is 0 Å². The topological polar surface area (TPSA) is 49.4 Å². The number of carbonyl (C=O) groups excluding carboxylic acids is 2. The molecular weight excluding hydrogens is 308 g/mol. The molecule has 1 heterocycles. The number of hydrogen-bond acceptors (Lipinski definition) is 3. The minimum Gasteiger partial charge on any atom is -0.370 e. The average Bonchev–Trinajstić information content (AvgIpc) is 2.39. The van der Waals surface area contributed by atoms with Gasteiger partial charge in [-0.15, -0.1) is 0 Å². The van der Waals surface area contributed by atoms with E-state index < -0.39 is 0 Å². The molecule has 1 fully saturated rings. The van der Waals surface area contributed by atoms with Crippen molar-refractivity contribution in [2.45, 2.75) is 25.8 Å². The third kappa shape index (κ3) is 3.56. The van der Waals surface area contributed by atoms with Gasteiger partial charge in [0.1, 0.15) is 6.29 Å². The van der Waals surface area contributed by atoms with Crippen molar-refractivity contribution in [3.63, 3.8) is 0 Å². The van der Waals surface area contributed by atoms with E-state index in [1.165, 1.54) is 0 Å². The lowest BCUT2D eigenvalue weighted by molar-refractivity contribution is -0.119. The van der Waals surface area contributed by atoms with Crippen LogP contribution in [-0.4, -0.2) is 31.3 Å². The molecule has 0 aromatic heterocycles. The number of rotatable bonds is 3. The highest BCUT2D eigenvalue weighted by Crippen LogP contribution is 2.29. The third-order valence-corrected chi connectivity index (χ3v) is 3.99. The molecule has 0 atom stereocenters. The summed E-state index contributed by atoms with van der Waals surface area (Å²) in [5, 5.41) is 2.96. The van der Waals surface area contributed by atoms with Gasteiger partial charge in [-0.25, -0.2) is 0 Å². The maximum absolute atomic E-state index is 11.0. The molecule has 19 heavy (non-hydrogen) atoms. The fourth-order valence-corrected chi connectivity index (χ4v) is 3.05. The molecule has 0 unspecified atom stereocenters. The van der Waals surface area contributed by atoms with Gasteiger partial charge in [0.25, 0.3) is 0 Å². The Bertz CT molecular complexity index is 482. The Morgan fingerprint density at radius 2 is 2.11 bits per heavy atom. The molecule has 1 aliphatic heterocycles. The molecule has 0 saturated carbocycles. The number of carbonyl (C=O) groups is 2. The lowest BCUT2D eigenvalue weighted by Crippen LogP contribution is -2.44. The molecule has 2 rings (SSSR count). The first-order valence-corrected chi connectivity index (χ1v) is 7.16. The maximum atomic E-state index is 11.0. The number of hydrogen-bond donors (Lipinski definition) is 1. The number of piperidine rings is 1. The Labute approximate surface area is 121 Å². The summed E-state index contributed by atoms with van der Waals surface area (Å²) < 4.78 is 0.940. The van der Waals surface area contributed by atoms with Crippen molar-refractivity contribution in [3.05, 3.63) is 28.2 Å². The molecule has 1 aromatic carbocycles. The van der Waals surface area contributed by atoms with E-state index in [2.05, 4.69) is 26.1 Å². The first-order valence-electron chi connectivity index (χ1n) is 6.37. The maximum Gasteiger partial charge on any atom is 0.217 e. The van der Waals surface area contributed by atoms with Gasteiger partial charge in [0, 0.05) is 36.1 Å². The van der Waals surface area contributed by atoms with E-state index >= 15 is 0 Å². The molecule has 1 saturated heterocycles. The number of aldehydes is 1. The second-order valence-electron chi connectivity index (χ2n) is 4.79. The predicted octanol–water partition coefficient (Wildman–Crippen LogP) is 2.37. The molecule has 102 valence electrons. The first kappa shape index (κ1) is 14.1. The van der Waals surface area contributed by atoms with Gasteiger partial charge in [-0.3, -0.25) is 9.59 Å². The highest BCUT2D eigenvalue weighted by molar-refractivity contribution is 9.10. The molecule has 0 radical (unpaired) electrons. The van der Waals surface area contributed by atoms with Gasteiger partial charge in [-0.2, -0.15) is 0 Å². The second-order valence-corrected chi connectivity index (χ2v) is 5.64. The summed E-state index contributed by atoms with van der Waals surface area (Å²) in [7, 11) is 0. The van der Waals surface area contributed by atoms with Crippen molar-refractivity contribution in [1.29, 1.82) is 0 Å². The highest BCUT2D eigenvalue weighted by atomic mass is 79.9. The van der Waals surface area contributed by atoms with E-state index in [0.29, 0.717) is 5.56 Å². The van der Waals surface area contributed by atoms with E-state index in [1.807, 2.05) is 18.2 Å². The van der Waals surface area contributed by atoms with Gasteiger partial charge in [0.05, 0.1) is 5.69 Å². The molecule has 1 aromatic rings. The smallest absolute Gasteiger partial charge is 0.217 e. The van der Waals surface area contributed by atoms with Gasteiger partial charge in [0.15, 0.2) is 0 Å². The number of nitrogens with zero attached hydrogens (tertiary/aromatic N) is 1. The van der Waals surface area contributed by atoms with Crippen molar-refractivity contribution in [2.24, 2.45) is 0 Å². The minimum atomic E-state index is 0.0370. The Morgan fingerprint density at radius 3 is 2.63 bits per heavy atom. The van der Waals surface area contributed by atoms with E-state index in [9.17, 15) is 9.59 Å². The van der Waals surface area contributed by atoms with Crippen molar-refractivity contribution in [3.8, 4) is 0 Å². The molecule has 1 aliphatic rings. The lowest BCUT2D eigenvalue weighted by Gasteiger charge is -2.34. The zero-order valence-corrected chi connectivity index (χ0v) is 12.4. The van der Waals surface area contributed by atoms with Crippen LogP contribution in [0.5, 0.6) is 0 Å². The van der Waals surface area contributed by atoms with Crippen LogP contribution in [0.1, 0.15) is 30.1 Å². The fourth-order valence-electron chi connectivity index (χ4n) is 2.41. The van der Waals surface area contributed by atoms with E-state index in [4.69, 9.17) is 0 Å². The first-order chi connectivity index (χ1) is 9.10. The van der Waals surface area contributed by atoms with Crippen molar-refractivity contribution in [2.75, 3.05) is 18.0 Å². The van der Waals surface area contributed by atoms with Crippen molar-refractivity contribution < 1.29 is 9.59 Å². The monoisotopic (exact) mass is 324 g/mol. The Kier molecular flexibility index (Phi) is 4.58. The molecule has 1 amide bonds. The van der Waals surface area contributed by atoms with E-state index in [-0.39, 0.29) is 11.9 Å². The van der Waals surface area contributed by atoms with Crippen LogP contribution in [0.3, 0.4) is 0 Å². The van der Waals surface area contributed by atoms with Gasteiger partial charge >= 0.3 is 0 Å². The summed E-state index contributed by atoms with van der Waals surface area (Å²) in [6, 6.07) is 5.91. The number of nitrogens with one attached hydrogen (secondary N) is 1. The van der Waals surface area contributed by atoms with Gasteiger partial charge in [0.2, 0.25) is 5.91 Å². The molecule has 5 heteroatoms. The zero-order chi connectivity index (χ0) is 13.8. The minimum absolute atomic E-state index is 0.0370. The van der Waals surface area contributed by atoms with Crippen LogP contribution in [0.4, 0.5) is 5.69 Å². The standard InChI is InChI=1S/C14H17BrN2O2/c1-10(19)16-12-4-6-17(7-5-12)14-3-2-11(9-18)8-13(14)15/h2-3,8-9,12H,4-7H2,1H3,(H,16,19). The summed E-state index contributed by atoms with van der Waals surface area (Å²) in [6.45, 7) is 3.37. The molecule has 0 spiro atoms. The second kappa shape index (κ2) is 6.19. The van der Waals surface area contributed by atoms with E-state index in [0.717, 1.165) is 42.4 Å². The predicted molar refractivity (Wildman–Crippen MR) is 78.6 cm³/mol. The summed E-state index contributed by atoms with van der Waals surface area (Å²) >= 11 is 3.51. The Balaban J connectivity index is 2.01. The normalized spacial score (nSPS) is 16.2. The number of benzene rings is 1. The number of halogens is 1. The highest BCUT2D eigenvalue weighted by Gasteiger charge is 2.21. The third-order valence-electron chi connectivity index (χ3n) is 3.35. The Hall–Kier alpha value is -1.36. The summed E-state index contributed by atoms with van der Waals surface area (Å²) in [5.41, 5.74) is 1.77. The largest absolute Gasteiger partial charge is 0.370 e. The van der Waals surface area contributed by atoms with Gasteiger partial charge < -0.3 is 10.2 Å². The lowest BCUT2D eigenvalue weighted by atomic mass is 10.0. The van der Waals surface area contributed by atoms with Crippen molar-refractivity contribution >= 4 is 33.8 Å². The number of amides is 1. The molecule has 4 nitrogen and oxygen atoms in total. The van der Waals surface area contributed by atoms with Crippen LogP contribution in [0.25, 0.3) is 0 Å². The summed E-state index contributed by atoms with van der Waals surface area (Å²) in [4.78, 5) is 24.0. The Morgan fingerprint density at radius 1 is 1.42 bits per heavy atom. The molecular formula is C14H17BrN2O2. The van der Waals surface area contributed by atoms with Crippen LogP contribution >= 0.6 is 15.9 Å². The molecule has 1 N–H and O–H groups in total. The van der Waals surface area contributed by atoms with Crippen LogP contribution < -0.4 is 10.2 Å². The summed E-state index contributed by atoms with van der Waals surface area (Å²) in [5.74, 6) is 0.0370. The fraction of sp³-hybridized carbons (Fsp3) is 0.429. The van der Waals surface area contributed by atoms with Crippen LogP contribution in [0.15, 0.2) is 22.7 Å². The van der Waals surface area contributed by atoms with Crippen LogP contribution in [0.2, 0.25) is 0 Å². The van der Waals surface area contributed by atoms with Gasteiger partial charge in [-0.05, 0) is 47.0 Å². The van der Waals surface area contributed by atoms with Crippen LogP contribution in [-0.2, 0) is 4.79 Å². The average molecular weight is 325 g/mol. The SMILES string of the molecule is CC(=O)NC1CCN(c2ccc(C=O)cc2Br)CC1. The van der Waals surface area contributed by atoms with E-state index in [1.54, 1.807) is 6.92 Å². The molecule has 0 aliphatic carbocycles. The van der Waals surface area contributed by atoms with Crippen molar-refractivity contribution in [1.82, 2.24) is 5.32 Å². The van der Waals surface area contributed by atoms with Crippen LogP contribution in [0, 0.1) is 0 Å². The molecule has 0 bridgehead atoms. The zero-order valence-electron chi connectivity index (χ0n) is 10.9. The quantitative estimate of drug-likeness (QED) is 0.868. The number of anilines is 1. The summed E-state index contributed by atoms with van der Waals surface area (Å²) in [6.07, 6.45) is 2.74.